The molecule has 0 fully saturated rings. The minimum absolute atomic E-state index is 0.0244. The molecule has 1 rings (SSSR count). The van der Waals surface area contributed by atoms with Crippen LogP contribution in [0.4, 0.5) is 0 Å². The molecule has 0 unspecified atom stereocenters. The van der Waals surface area contributed by atoms with Crippen molar-refractivity contribution in [3.8, 4) is 5.75 Å². The molecular weight excluding hydrogens is 255 g/mol. The molecule has 0 aromatic heterocycles. The first kappa shape index (κ1) is 15.1. The van der Waals surface area contributed by atoms with Crippen molar-refractivity contribution in [2.75, 3.05) is 13.2 Å². The zero-order valence-corrected chi connectivity index (χ0v) is 11.8. The quantitative estimate of drug-likeness (QED) is 0.611. The number of carbonyl (C=O) groups is 1. The maximum atomic E-state index is 11.1. The van der Waals surface area contributed by atoms with E-state index in [1.54, 1.807) is 38.1 Å². The van der Waals surface area contributed by atoms with Crippen LogP contribution in [-0.2, 0) is 9.05 Å². The molecule has 0 bridgehead atoms. The summed E-state index contributed by atoms with van der Waals surface area (Å²) in [4.78, 5) is 21.2. The van der Waals surface area contributed by atoms with Crippen LogP contribution in [0.5, 0.6) is 5.75 Å². The summed E-state index contributed by atoms with van der Waals surface area (Å²) in [5.41, 5.74) is 0.584. The first-order valence-corrected chi connectivity index (χ1v) is 7.48. The van der Waals surface area contributed by atoms with Gasteiger partial charge < -0.3 is 0 Å². The second kappa shape index (κ2) is 6.81. The van der Waals surface area contributed by atoms with Crippen molar-refractivity contribution in [1.29, 1.82) is 0 Å². The molecule has 0 aliphatic rings. The fourth-order valence-electron chi connectivity index (χ4n) is 1.37. The number of carbonyl (C=O) groups excluding carboxylic acids is 1. The number of rotatable bonds is 7. The maximum absolute atomic E-state index is 11.1. The molecule has 0 spiro atoms. The Bertz CT molecular complexity index is 384. The fraction of sp³-hybridized carbons (Fsp3) is 0.417. The molecule has 0 saturated carbocycles. The summed E-state index contributed by atoms with van der Waals surface area (Å²) in [6, 6.07) is 6.47. The van der Waals surface area contributed by atoms with Crippen LogP contribution in [0.2, 0.25) is 0 Å². The molecular formula is C12H19O5P. The van der Waals surface area contributed by atoms with Crippen molar-refractivity contribution in [1.82, 2.24) is 0 Å². The van der Waals surface area contributed by atoms with Gasteiger partial charge in [0.1, 0.15) is 0 Å². The van der Waals surface area contributed by atoms with Gasteiger partial charge >= 0.3 is 107 Å². The minimum atomic E-state index is -3.62. The average molecular weight is 274 g/mol. The Hall–Kier alpha value is -1.00. The van der Waals surface area contributed by atoms with E-state index in [-0.39, 0.29) is 5.78 Å². The normalized spacial score (nSPS) is 12.2. The van der Waals surface area contributed by atoms with Crippen LogP contribution < -0.4 is 4.52 Å². The second-order valence-electron chi connectivity index (χ2n) is 3.57. The molecule has 6 heteroatoms. The molecule has 102 valence electrons. The van der Waals surface area contributed by atoms with Crippen LogP contribution in [0.3, 0.4) is 0 Å². The Kier molecular flexibility index (Phi) is 5.69. The molecule has 0 aliphatic carbocycles. The van der Waals surface area contributed by atoms with Crippen LogP contribution >= 0.6 is 8.17 Å². The number of ketones is 1. The van der Waals surface area contributed by atoms with Crippen LogP contribution in [0, 0.1) is 0 Å². The van der Waals surface area contributed by atoms with E-state index in [1.807, 2.05) is 0 Å². The molecule has 1 aromatic rings. The fourth-order valence-corrected chi connectivity index (χ4v) is 2.74. The summed E-state index contributed by atoms with van der Waals surface area (Å²) in [5, 5.41) is 0. The molecule has 0 saturated heterocycles. The van der Waals surface area contributed by atoms with Gasteiger partial charge in [-0.25, -0.2) is 0 Å². The summed E-state index contributed by atoms with van der Waals surface area (Å²) in [6.45, 7) is 5.59. The molecule has 18 heavy (non-hydrogen) atoms. The van der Waals surface area contributed by atoms with Crippen molar-refractivity contribution in [3.63, 3.8) is 0 Å². The first-order valence-electron chi connectivity index (χ1n) is 5.81. The second-order valence-corrected chi connectivity index (χ2v) is 5.40. The van der Waals surface area contributed by atoms with Gasteiger partial charge in [0, 0.05) is 0 Å². The van der Waals surface area contributed by atoms with Gasteiger partial charge in [0.15, 0.2) is 0 Å². The zero-order valence-electron chi connectivity index (χ0n) is 10.8. The van der Waals surface area contributed by atoms with Gasteiger partial charge in [0.25, 0.3) is 0 Å². The Labute approximate surface area is 107 Å². The summed E-state index contributed by atoms with van der Waals surface area (Å²) in [5.74, 6) is 0.389. The van der Waals surface area contributed by atoms with Gasteiger partial charge in [-0.3, -0.25) is 0 Å². The van der Waals surface area contributed by atoms with Gasteiger partial charge in [-0.2, -0.15) is 0 Å². The van der Waals surface area contributed by atoms with E-state index in [1.165, 1.54) is 6.92 Å². The van der Waals surface area contributed by atoms with Crippen LogP contribution in [0.1, 0.15) is 31.1 Å². The third-order valence-corrected chi connectivity index (χ3v) is 3.96. The van der Waals surface area contributed by atoms with E-state index in [0.29, 0.717) is 24.5 Å². The Balaban J connectivity index is 2.77. The molecule has 0 atom stereocenters. The van der Waals surface area contributed by atoms with Gasteiger partial charge in [-0.1, -0.05) is 0 Å². The SMILES string of the molecule is CCO[PH](O)(OCC)Oc1ccc(C(C)=O)cc1. The monoisotopic (exact) mass is 274 g/mol. The van der Waals surface area contributed by atoms with E-state index in [2.05, 4.69) is 0 Å². The van der Waals surface area contributed by atoms with Crippen molar-refractivity contribution in [2.45, 2.75) is 20.8 Å². The number of hydrogen-bond donors (Lipinski definition) is 1. The van der Waals surface area contributed by atoms with Crippen molar-refractivity contribution >= 4 is 14.0 Å². The third kappa shape index (κ3) is 4.35. The molecule has 0 radical (unpaired) electrons. The third-order valence-electron chi connectivity index (χ3n) is 2.16. The first-order chi connectivity index (χ1) is 8.50. The summed E-state index contributed by atoms with van der Waals surface area (Å²) in [6.07, 6.45) is 0. The number of hydrogen-bond acceptors (Lipinski definition) is 5. The standard InChI is InChI=1S/C12H19O5P/c1-4-15-18(14,16-5-2)17-12-8-6-11(7-9-12)10(3)13/h6-9,14,18H,4-5H2,1-3H3. The van der Waals surface area contributed by atoms with Crippen molar-refractivity contribution in [3.05, 3.63) is 29.8 Å². The van der Waals surface area contributed by atoms with Gasteiger partial charge in [-0.15, -0.1) is 0 Å². The van der Waals surface area contributed by atoms with E-state index >= 15 is 0 Å². The molecule has 1 aromatic carbocycles. The summed E-state index contributed by atoms with van der Waals surface area (Å²) >= 11 is 0. The van der Waals surface area contributed by atoms with Crippen molar-refractivity contribution in [2.24, 2.45) is 0 Å². The van der Waals surface area contributed by atoms with Gasteiger partial charge in [-0.05, 0) is 0 Å². The molecule has 1 N–H and O–H groups in total. The Morgan fingerprint density at radius 3 is 2.06 bits per heavy atom. The number of benzene rings is 1. The average Bonchev–Trinajstić information content (AvgIpc) is 2.30. The van der Waals surface area contributed by atoms with Crippen LogP contribution in [0.15, 0.2) is 24.3 Å². The molecule has 0 heterocycles. The summed E-state index contributed by atoms with van der Waals surface area (Å²) < 4.78 is 15.6. The molecule has 0 aliphatic heterocycles. The molecule has 0 amide bonds. The van der Waals surface area contributed by atoms with E-state index in [4.69, 9.17) is 13.6 Å². The van der Waals surface area contributed by atoms with Gasteiger partial charge in [0.05, 0.1) is 0 Å². The zero-order chi connectivity index (χ0) is 13.6. The topological polar surface area (TPSA) is 65.0 Å². The molecule has 5 nitrogen and oxygen atoms in total. The van der Waals surface area contributed by atoms with Crippen LogP contribution in [0.25, 0.3) is 0 Å². The number of Topliss-reactive ketones (excluding diaryl/α,β-unsaturated/α-hetero) is 1. The van der Waals surface area contributed by atoms with E-state index in [0.717, 1.165) is 0 Å². The predicted molar refractivity (Wildman–Crippen MR) is 70.9 cm³/mol. The summed E-state index contributed by atoms with van der Waals surface area (Å²) in [7, 11) is -3.62. The van der Waals surface area contributed by atoms with Crippen LogP contribution in [-0.4, -0.2) is 23.9 Å². The van der Waals surface area contributed by atoms with Crippen molar-refractivity contribution < 1.29 is 23.3 Å². The van der Waals surface area contributed by atoms with E-state index < -0.39 is 8.17 Å². The predicted octanol–water partition coefficient (Wildman–Crippen LogP) is 2.74. The van der Waals surface area contributed by atoms with Gasteiger partial charge in [0.2, 0.25) is 0 Å². The Morgan fingerprint density at radius 1 is 1.17 bits per heavy atom. The van der Waals surface area contributed by atoms with E-state index in [9.17, 15) is 9.69 Å². The Morgan fingerprint density at radius 2 is 1.67 bits per heavy atom.